The van der Waals surface area contributed by atoms with Gasteiger partial charge in [-0.3, -0.25) is 4.90 Å². The Morgan fingerprint density at radius 2 is 2.00 bits per heavy atom. The lowest BCUT2D eigenvalue weighted by atomic mass is 9.70. The lowest BCUT2D eigenvalue weighted by molar-refractivity contribution is -0.0113. The van der Waals surface area contributed by atoms with Crippen molar-refractivity contribution in [1.29, 1.82) is 0 Å². The normalized spacial score (nSPS) is 33.4. The van der Waals surface area contributed by atoms with E-state index in [4.69, 9.17) is 4.74 Å². The zero-order valence-electron chi connectivity index (χ0n) is 11.9. The highest BCUT2D eigenvalue weighted by Crippen LogP contribution is 2.45. The largest absolute Gasteiger partial charge is 0.444 e. The van der Waals surface area contributed by atoms with Crippen LogP contribution in [0, 0.1) is 5.92 Å². The van der Waals surface area contributed by atoms with Gasteiger partial charge in [-0.1, -0.05) is 6.42 Å². The van der Waals surface area contributed by atoms with E-state index in [9.17, 15) is 9.90 Å². The fourth-order valence-corrected chi connectivity index (χ4v) is 3.09. The molecular weight excluding hydrogens is 230 g/mol. The average Bonchev–Trinajstić information content (AvgIpc) is 2.35. The van der Waals surface area contributed by atoms with Crippen LogP contribution in [-0.4, -0.2) is 39.9 Å². The molecule has 104 valence electrons. The zero-order chi connectivity index (χ0) is 13.6. The fourth-order valence-electron chi connectivity index (χ4n) is 3.09. The van der Waals surface area contributed by atoms with E-state index in [1.54, 1.807) is 4.90 Å². The van der Waals surface area contributed by atoms with E-state index in [-0.39, 0.29) is 11.6 Å². The fraction of sp³-hybridized carbons (Fsp3) is 0.929. The van der Waals surface area contributed by atoms with Crippen molar-refractivity contribution in [2.24, 2.45) is 5.92 Å². The minimum absolute atomic E-state index is 0.222. The Bertz CT molecular complexity index is 332. The van der Waals surface area contributed by atoms with Gasteiger partial charge in [-0.15, -0.1) is 0 Å². The van der Waals surface area contributed by atoms with Crippen LogP contribution in [0.2, 0.25) is 0 Å². The van der Waals surface area contributed by atoms with E-state index in [1.165, 1.54) is 6.42 Å². The molecule has 1 saturated carbocycles. The van der Waals surface area contributed by atoms with Gasteiger partial charge in [-0.05, 0) is 52.9 Å². The van der Waals surface area contributed by atoms with Crippen molar-refractivity contribution in [3.05, 3.63) is 0 Å². The predicted molar refractivity (Wildman–Crippen MR) is 69.3 cm³/mol. The van der Waals surface area contributed by atoms with Gasteiger partial charge in [0.05, 0.1) is 12.6 Å². The average molecular weight is 255 g/mol. The molecule has 1 saturated heterocycles. The van der Waals surface area contributed by atoms with Gasteiger partial charge in [0.2, 0.25) is 0 Å². The molecule has 2 fully saturated rings. The number of carbonyl (C=O) groups excluding carboxylic acids is 1. The van der Waals surface area contributed by atoms with Crippen LogP contribution in [0.1, 0.15) is 53.4 Å². The number of hydrogen-bond donors (Lipinski definition) is 1. The van der Waals surface area contributed by atoms with Crippen molar-refractivity contribution in [3.63, 3.8) is 0 Å². The molecule has 1 aliphatic heterocycles. The summed E-state index contributed by atoms with van der Waals surface area (Å²) in [5, 5.41) is 9.90. The number of β-amino-alcohol motifs (C(OH)–C–C–N with tert-alkyl or cyclic N) is 1. The van der Waals surface area contributed by atoms with Gasteiger partial charge in [-0.25, -0.2) is 4.79 Å². The SMILES string of the molecule is CC(C)(C)OC(=O)N1CC(O)CC1(C)C1CCC1. The van der Waals surface area contributed by atoms with Gasteiger partial charge in [0.15, 0.2) is 0 Å². The van der Waals surface area contributed by atoms with Crippen LogP contribution >= 0.6 is 0 Å². The second-order valence-electron chi connectivity index (χ2n) is 6.93. The Balaban J connectivity index is 2.11. The van der Waals surface area contributed by atoms with E-state index < -0.39 is 11.7 Å². The molecule has 2 unspecified atom stereocenters. The molecule has 1 heterocycles. The summed E-state index contributed by atoms with van der Waals surface area (Å²) in [6, 6.07) is 0. The third-order valence-corrected chi connectivity index (χ3v) is 4.26. The quantitative estimate of drug-likeness (QED) is 0.783. The number of aliphatic hydroxyl groups excluding tert-OH is 1. The summed E-state index contributed by atoms with van der Waals surface area (Å²) in [4.78, 5) is 14.0. The highest BCUT2D eigenvalue weighted by atomic mass is 16.6. The van der Waals surface area contributed by atoms with Gasteiger partial charge in [0.25, 0.3) is 0 Å². The maximum absolute atomic E-state index is 12.3. The molecule has 4 nitrogen and oxygen atoms in total. The summed E-state index contributed by atoms with van der Waals surface area (Å²) in [6.07, 6.45) is 3.53. The van der Waals surface area contributed by atoms with E-state index in [0.717, 1.165) is 12.8 Å². The Hall–Kier alpha value is -0.770. The number of hydrogen-bond acceptors (Lipinski definition) is 3. The number of likely N-dealkylation sites (tertiary alicyclic amines) is 1. The molecule has 0 aromatic heterocycles. The van der Waals surface area contributed by atoms with E-state index >= 15 is 0 Å². The summed E-state index contributed by atoms with van der Waals surface area (Å²) in [5.41, 5.74) is -0.703. The smallest absolute Gasteiger partial charge is 0.410 e. The monoisotopic (exact) mass is 255 g/mol. The molecule has 0 aromatic carbocycles. The van der Waals surface area contributed by atoms with E-state index in [1.807, 2.05) is 20.8 Å². The Kier molecular flexibility index (Phi) is 3.34. The lowest BCUT2D eigenvalue weighted by Crippen LogP contribution is -2.53. The molecule has 2 atom stereocenters. The van der Waals surface area contributed by atoms with Crippen LogP contribution in [0.5, 0.6) is 0 Å². The van der Waals surface area contributed by atoms with Gasteiger partial charge in [0.1, 0.15) is 5.60 Å². The number of ether oxygens (including phenoxy) is 1. The third kappa shape index (κ3) is 2.48. The topological polar surface area (TPSA) is 49.8 Å². The second kappa shape index (κ2) is 4.41. The molecule has 2 aliphatic rings. The van der Waals surface area contributed by atoms with Crippen molar-refractivity contribution in [3.8, 4) is 0 Å². The van der Waals surface area contributed by atoms with Crippen molar-refractivity contribution >= 4 is 6.09 Å². The van der Waals surface area contributed by atoms with Crippen molar-refractivity contribution in [2.75, 3.05) is 6.54 Å². The minimum Gasteiger partial charge on any atom is -0.444 e. The first-order valence-electron chi connectivity index (χ1n) is 6.91. The van der Waals surface area contributed by atoms with E-state index in [2.05, 4.69) is 6.92 Å². The second-order valence-corrected chi connectivity index (χ2v) is 6.93. The number of aliphatic hydroxyl groups is 1. The molecule has 0 radical (unpaired) electrons. The molecule has 2 rings (SSSR count). The van der Waals surface area contributed by atoms with Gasteiger partial charge < -0.3 is 9.84 Å². The molecule has 1 aliphatic carbocycles. The summed E-state index contributed by atoms with van der Waals surface area (Å²) >= 11 is 0. The summed E-state index contributed by atoms with van der Waals surface area (Å²) in [6.45, 7) is 8.12. The highest BCUT2D eigenvalue weighted by molar-refractivity contribution is 5.70. The number of carbonyl (C=O) groups is 1. The first-order chi connectivity index (χ1) is 8.22. The van der Waals surface area contributed by atoms with Crippen LogP contribution in [0.3, 0.4) is 0 Å². The molecule has 0 bridgehead atoms. The number of rotatable bonds is 1. The van der Waals surface area contributed by atoms with Gasteiger partial charge in [-0.2, -0.15) is 0 Å². The zero-order valence-corrected chi connectivity index (χ0v) is 11.9. The summed E-state index contributed by atoms with van der Waals surface area (Å²) in [7, 11) is 0. The molecule has 4 heteroatoms. The molecule has 0 aromatic rings. The van der Waals surface area contributed by atoms with Gasteiger partial charge >= 0.3 is 6.09 Å². The first kappa shape index (κ1) is 13.7. The number of amides is 1. The third-order valence-electron chi connectivity index (χ3n) is 4.26. The van der Waals surface area contributed by atoms with Crippen molar-refractivity contribution < 1.29 is 14.6 Å². The number of nitrogens with zero attached hydrogens (tertiary/aromatic N) is 1. The molecule has 1 N–H and O–H groups in total. The van der Waals surface area contributed by atoms with Gasteiger partial charge in [0, 0.05) is 5.54 Å². The standard InChI is InChI=1S/C14H25NO3/c1-13(2,3)18-12(17)15-9-11(16)8-14(15,4)10-6-5-7-10/h10-11,16H,5-9H2,1-4H3. The minimum atomic E-state index is -0.481. The van der Waals surface area contributed by atoms with Crippen LogP contribution in [0.25, 0.3) is 0 Å². The Morgan fingerprint density at radius 1 is 1.39 bits per heavy atom. The van der Waals surface area contributed by atoms with Crippen molar-refractivity contribution in [2.45, 2.75) is 70.6 Å². The summed E-state index contributed by atoms with van der Waals surface area (Å²) < 4.78 is 5.46. The molecule has 0 spiro atoms. The predicted octanol–water partition coefficient (Wildman–Crippen LogP) is 2.55. The van der Waals surface area contributed by atoms with Crippen molar-refractivity contribution in [1.82, 2.24) is 4.90 Å². The Labute approximate surface area is 109 Å². The van der Waals surface area contributed by atoms with Crippen LogP contribution in [0.4, 0.5) is 4.79 Å². The first-order valence-corrected chi connectivity index (χ1v) is 6.91. The van der Waals surface area contributed by atoms with E-state index in [0.29, 0.717) is 18.9 Å². The lowest BCUT2D eigenvalue weighted by Gasteiger charge is -2.45. The summed E-state index contributed by atoms with van der Waals surface area (Å²) in [5.74, 6) is 0.516. The van der Waals surface area contributed by atoms with Crippen LogP contribution in [0.15, 0.2) is 0 Å². The Morgan fingerprint density at radius 3 is 2.44 bits per heavy atom. The highest BCUT2D eigenvalue weighted by Gasteiger charge is 2.51. The van der Waals surface area contributed by atoms with Crippen LogP contribution < -0.4 is 0 Å². The van der Waals surface area contributed by atoms with Crippen LogP contribution in [-0.2, 0) is 4.74 Å². The maximum Gasteiger partial charge on any atom is 0.410 e. The molecular formula is C14H25NO3. The molecule has 18 heavy (non-hydrogen) atoms. The maximum atomic E-state index is 12.3. The molecule has 1 amide bonds.